The molecular weight excluding hydrogens is 450 g/mol. The van der Waals surface area contributed by atoms with Crippen LogP contribution in [-0.2, 0) is 13.0 Å². The van der Waals surface area contributed by atoms with Crippen LogP contribution in [0.5, 0.6) is 0 Å². The van der Waals surface area contributed by atoms with E-state index in [9.17, 15) is 4.79 Å². The molecule has 2 aliphatic carbocycles. The minimum Gasteiger partial charge on any atom is -0.306 e. The highest BCUT2D eigenvalue weighted by molar-refractivity contribution is 6.31. The molecule has 1 atom stereocenters. The molecule has 5 heterocycles. The monoisotopic (exact) mass is 471 g/mol. The minimum atomic E-state index is -0.0213. The van der Waals surface area contributed by atoms with Crippen LogP contribution in [0.3, 0.4) is 0 Å². The van der Waals surface area contributed by atoms with Crippen molar-refractivity contribution < 1.29 is 4.79 Å². The number of carbonyl (C=O) groups is 1. The molecule has 0 spiro atoms. The van der Waals surface area contributed by atoms with Gasteiger partial charge >= 0.3 is 0 Å². The van der Waals surface area contributed by atoms with Crippen LogP contribution in [0.1, 0.15) is 70.5 Å². The summed E-state index contributed by atoms with van der Waals surface area (Å²) in [7, 11) is 0. The molecule has 0 radical (unpaired) electrons. The number of nitrogens with zero attached hydrogens (tertiary/aromatic N) is 7. The van der Waals surface area contributed by atoms with Gasteiger partial charge in [-0.15, -0.1) is 5.10 Å². The normalized spacial score (nSPS) is 17.6. The van der Waals surface area contributed by atoms with Crippen LogP contribution in [-0.4, -0.2) is 39.5 Å². The van der Waals surface area contributed by atoms with Crippen molar-refractivity contribution in [1.82, 2.24) is 33.8 Å². The third kappa shape index (κ3) is 3.32. The van der Waals surface area contributed by atoms with Crippen LogP contribution >= 0.6 is 11.6 Å². The standard InChI is InChI=1S/C25H22ClN7O/c26-20-7-8-31-14-27-24-16(3-5-19(20)25(24)31)9-22(34)21-13-33(30-29-21)12-18-11-32-10-17(15-1-2-15)4-6-23(32)28-18/h4,6-8,10-11,13-16H,1-3,5,9,12H2. The molecule has 0 aromatic carbocycles. The Balaban J connectivity index is 1.08. The third-order valence-electron chi connectivity index (χ3n) is 7.06. The smallest absolute Gasteiger partial charge is 0.185 e. The first-order valence-electron chi connectivity index (χ1n) is 11.7. The average molecular weight is 472 g/mol. The van der Waals surface area contributed by atoms with Crippen LogP contribution < -0.4 is 0 Å². The largest absolute Gasteiger partial charge is 0.306 e. The number of ketones is 1. The summed E-state index contributed by atoms with van der Waals surface area (Å²) in [6.07, 6.45) is 14.2. The van der Waals surface area contributed by atoms with Crippen molar-refractivity contribution >= 4 is 28.5 Å². The van der Waals surface area contributed by atoms with Crippen molar-refractivity contribution in [2.24, 2.45) is 0 Å². The third-order valence-corrected chi connectivity index (χ3v) is 7.41. The lowest BCUT2D eigenvalue weighted by Gasteiger charge is -2.21. The molecule has 1 unspecified atom stereocenters. The lowest BCUT2D eigenvalue weighted by molar-refractivity contribution is 0.0966. The fraction of sp³-hybridized carbons (Fsp3) is 0.320. The number of pyridine rings is 2. The maximum absolute atomic E-state index is 13.1. The number of imidazole rings is 2. The molecular formula is C25H22ClN7O. The maximum atomic E-state index is 13.1. The maximum Gasteiger partial charge on any atom is 0.185 e. The van der Waals surface area contributed by atoms with Crippen LogP contribution in [0.4, 0.5) is 0 Å². The Labute approximate surface area is 200 Å². The van der Waals surface area contributed by atoms with Crippen LogP contribution in [0.2, 0.25) is 5.02 Å². The summed E-state index contributed by atoms with van der Waals surface area (Å²) < 4.78 is 5.75. The highest BCUT2D eigenvalue weighted by Gasteiger charge is 2.29. The molecule has 0 bridgehead atoms. The number of aryl methyl sites for hydroxylation is 1. The second-order valence-electron chi connectivity index (χ2n) is 9.43. The van der Waals surface area contributed by atoms with Crippen molar-refractivity contribution in [1.29, 1.82) is 0 Å². The molecule has 0 aliphatic heterocycles. The minimum absolute atomic E-state index is 0.0213. The van der Waals surface area contributed by atoms with E-state index < -0.39 is 0 Å². The second-order valence-corrected chi connectivity index (χ2v) is 9.83. The van der Waals surface area contributed by atoms with Gasteiger partial charge in [0.15, 0.2) is 5.78 Å². The molecule has 5 aromatic rings. The van der Waals surface area contributed by atoms with Crippen LogP contribution in [0.25, 0.3) is 11.2 Å². The van der Waals surface area contributed by atoms with Gasteiger partial charge in [0.2, 0.25) is 0 Å². The summed E-state index contributed by atoms with van der Waals surface area (Å²) in [6.45, 7) is 0.470. The number of aromatic nitrogens is 7. The van der Waals surface area contributed by atoms with Crippen LogP contribution in [0.15, 0.2) is 49.3 Å². The topological polar surface area (TPSA) is 82.4 Å². The van der Waals surface area contributed by atoms with Gasteiger partial charge in [-0.2, -0.15) is 0 Å². The number of hydrogen-bond donors (Lipinski definition) is 0. The molecule has 170 valence electrons. The van der Waals surface area contributed by atoms with Gasteiger partial charge < -0.3 is 8.80 Å². The molecule has 1 fully saturated rings. The van der Waals surface area contributed by atoms with Gasteiger partial charge in [0.05, 0.1) is 36.0 Å². The average Bonchev–Trinajstić information content (AvgIpc) is 3.24. The Kier molecular flexibility index (Phi) is 4.39. The highest BCUT2D eigenvalue weighted by Crippen LogP contribution is 2.40. The quantitative estimate of drug-likeness (QED) is 0.341. The van der Waals surface area contributed by atoms with E-state index in [1.54, 1.807) is 17.2 Å². The zero-order valence-electron chi connectivity index (χ0n) is 18.4. The van der Waals surface area contributed by atoms with E-state index >= 15 is 0 Å². The van der Waals surface area contributed by atoms with E-state index in [4.69, 9.17) is 11.6 Å². The van der Waals surface area contributed by atoms with Gasteiger partial charge in [0, 0.05) is 36.0 Å². The molecule has 7 rings (SSSR count). The van der Waals surface area contributed by atoms with E-state index in [-0.39, 0.29) is 11.7 Å². The molecule has 9 heteroatoms. The Morgan fingerprint density at radius 1 is 1.09 bits per heavy atom. The lowest BCUT2D eigenvalue weighted by Crippen LogP contribution is -2.14. The summed E-state index contributed by atoms with van der Waals surface area (Å²) in [4.78, 5) is 22.3. The van der Waals surface area contributed by atoms with Gasteiger partial charge in [0.25, 0.3) is 0 Å². The first-order valence-corrected chi connectivity index (χ1v) is 12.0. The number of carbonyl (C=O) groups excluding carboxylic acids is 1. The molecule has 0 N–H and O–H groups in total. The van der Waals surface area contributed by atoms with Gasteiger partial charge in [-0.3, -0.25) is 4.79 Å². The molecule has 34 heavy (non-hydrogen) atoms. The van der Waals surface area contributed by atoms with Crippen molar-refractivity contribution in [3.8, 4) is 0 Å². The molecule has 5 aromatic heterocycles. The van der Waals surface area contributed by atoms with E-state index in [1.807, 2.05) is 22.9 Å². The van der Waals surface area contributed by atoms with Crippen molar-refractivity contribution in [3.63, 3.8) is 0 Å². The Hall–Kier alpha value is -3.52. The Morgan fingerprint density at radius 3 is 2.88 bits per heavy atom. The number of fused-ring (bicyclic) bond motifs is 1. The first-order chi connectivity index (χ1) is 16.6. The number of hydrogen-bond acceptors (Lipinski definition) is 5. The SMILES string of the molecule is O=C(CC1CCc2c(Cl)ccn3cnc1c23)c1cn(Cc2cn3cc(C4CC4)ccc3n2)nn1. The van der Waals surface area contributed by atoms with E-state index in [0.717, 1.165) is 46.0 Å². The molecule has 0 saturated heterocycles. The Morgan fingerprint density at radius 2 is 2.00 bits per heavy atom. The van der Waals surface area contributed by atoms with Crippen molar-refractivity contribution in [3.05, 3.63) is 82.5 Å². The first kappa shape index (κ1) is 19.9. The molecule has 2 aliphatic rings. The summed E-state index contributed by atoms with van der Waals surface area (Å²) in [5, 5.41) is 9.10. The number of rotatable bonds is 6. The van der Waals surface area contributed by atoms with Gasteiger partial charge in [0.1, 0.15) is 11.3 Å². The summed E-state index contributed by atoms with van der Waals surface area (Å²) >= 11 is 6.40. The highest BCUT2D eigenvalue weighted by atomic mass is 35.5. The van der Waals surface area contributed by atoms with Gasteiger partial charge in [-0.1, -0.05) is 22.9 Å². The number of Topliss-reactive ketones (excluding diaryl/α,β-unsaturated/α-hetero) is 1. The summed E-state index contributed by atoms with van der Waals surface area (Å²) in [5.41, 5.74) is 6.65. The van der Waals surface area contributed by atoms with E-state index in [1.165, 1.54) is 18.4 Å². The van der Waals surface area contributed by atoms with Crippen molar-refractivity contribution in [2.75, 3.05) is 0 Å². The summed E-state index contributed by atoms with van der Waals surface area (Å²) in [6, 6.07) is 6.13. The fourth-order valence-corrected chi connectivity index (χ4v) is 5.38. The fourth-order valence-electron chi connectivity index (χ4n) is 5.14. The predicted octanol–water partition coefficient (Wildman–Crippen LogP) is 4.46. The van der Waals surface area contributed by atoms with Crippen molar-refractivity contribution in [2.45, 2.75) is 50.5 Å². The second kappa shape index (κ2) is 7.50. The molecule has 0 amide bonds. The van der Waals surface area contributed by atoms with Gasteiger partial charge in [-0.25, -0.2) is 14.6 Å². The lowest BCUT2D eigenvalue weighted by atomic mass is 9.85. The van der Waals surface area contributed by atoms with E-state index in [2.05, 4.69) is 43.0 Å². The van der Waals surface area contributed by atoms with Crippen LogP contribution in [0, 0.1) is 0 Å². The zero-order chi connectivity index (χ0) is 22.8. The molecule has 8 nitrogen and oxygen atoms in total. The summed E-state index contributed by atoms with van der Waals surface area (Å²) in [5.74, 6) is 0.728. The van der Waals surface area contributed by atoms with Gasteiger partial charge in [-0.05, 0) is 54.9 Å². The van der Waals surface area contributed by atoms with E-state index in [0.29, 0.717) is 24.6 Å². The number of halogens is 1. The Bertz CT molecular complexity index is 1570. The zero-order valence-corrected chi connectivity index (χ0v) is 19.2. The predicted molar refractivity (Wildman–Crippen MR) is 127 cm³/mol. The molecule has 1 saturated carbocycles.